The van der Waals surface area contributed by atoms with Gasteiger partial charge >= 0.3 is 0 Å². The molecule has 2 nitrogen and oxygen atoms in total. The molecule has 1 heterocycles. The van der Waals surface area contributed by atoms with Crippen LogP contribution in [-0.4, -0.2) is 0 Å². The van der Waals surface area contributed by atoms with Crippen molar-refractivity contribution >= 4 is 27.8 Å². The summed E-state index contributed by atoms with van der Waals surface area (Å²) in [6.07, 6.45) is 0. The molecule has 0 unspecified atom stereocenters. The predicted molar refractivity (Wildman–Crippen MR) is 238 cm³/mol. The number of hydrogen-bond donors (Lipinski definition) is 0. The first kappa shape index (κ1) is 33.2. The Balaban J connectivity index is 1.15. The Morgan fingerprint density at radius 3 is 1.68 bits per heavy atom. The summed E-state index contributed by atoms with van der Waals surface area (Å²) in [4.78, 5) is 2.42. The van der Waals surface area contributed by atoms with Crippen molar-refractivity contribution in [3.05, 3.63) is 211 Å². The second-order valence-electron chi connectivity index (χ2n) is 15.7. The second-order valence-corrected chi connectivity index (χ2v) is 15.7. The van der Waals surface area contributed by atoms with Gasteiger partial charge in [0.25, 0.3) is 0 Å². The third-order valence-corrected chi connectivity index (χ3v) is 12.0. The van der Waals surface area contributed by atoms with Crippen molar-refractivity contribution in [2.24, 2.45) is 0 Å². The highest BCUT2D eigenvalue weighted by molar-refractivity contribution is 6.05. The SMILES string of the molecule is CC1(C)c2ccccc2-c2ccc(N(c3cc(-c4ccccc4)cc(-c4ccccc4)c3)c3ccc4c(c3)Oc3ccc5ccccc5c3-c3ccccc3-4)cc21. The van der Waals surface area contributed by atoms with Crippen molar-refractivity contribution in [2.45, 2.75) is 19.3 Å². The minimum atomic E-state index is -0.151. The van der Waals surface area contributed by atoms with Gasteiger partial charge in [0.1, 0.15) is 11.5 Å². The van der Waals surface area contributed by atoms with Crippen LogP contribution in [0, 0.1) is 0 Å². The average molecular weight is 730 g/mol. The molecule has 0 fully saturated rings. The van der Waals surface area contributed by atoms with E-state index in [9.17, 15) is 0 Å². The van der Waals surface area contributed by atoms with E-state index in [0.29, 0.717) is 0 Å². The molecule has 0 saturated carbocycles. The molecule has 0 atom stereocenters. The predicted octanol–water partition coefficient (Wildman–Crippen LogP) is 15.4. The number of rotatable bonds is 5. The molecule has 11 rings (SSSR count). The van der Waals surface area contributed by atoms with Gasteiger partial charge in [-0.05, 0) is 115 Å². The summed E-state index contributed by atoms with van der Waals surface area (Å²) in [6, 6.07) is 72.6. The van der Waals surface area contributed by atoms with Crippen LogP contribution in [0.5, 0.6) is 11.5 Å². The number of benzene rings is 9. The summed E-state index contributed by atoms with van der Waals surface area (Å²) in [6.45, 7) is 4.70. The molecule has 0 amide bonds. The van der Waals surface area contributed by atoms with E-state index in [0.717, 1.165) is 56.4 Å². The summed E-state index contributed by atoms with van der Waals surface area (Å²) >= 11 is 0. The minimum absolute atomic E-state index is 0.151. The van der Waals surface area contributed by atoms with Crippen LogP contribution in [0.2, 0.25) is 0 Å². The Labute approximate surface area is 333 Å². The molecule has 2 heteroatoms. The zero-order valence-electron chi connectivity index (χ0n) is 31.9. The Morgan fingerprint density at radius 1 is 0.368 bits per heavy atom. The molecule has 9 aromatic rings. The lowest BCUT2D eigenvalue weighted by atomic mass is 9.82. The first-order valence-electron chi connectivity index (χ1n) is 19.8. The molecule has 0 spiro atoms. The van der Waals surface area contributed by atoms with Crippen molar-refractivity contribution in [2.75, 3.05) is 4.90 Å². The third-order valence-electron chi connectivity index (χ3n) is 12.0. The first-order valence-corrected chi connectivity index (χ1v) is 19.8. The monoisotopic (exact) mass is 729 g/mol. The highest BCUT2D eigenvalue weighted by Crippen LogP contribution is 2.53. The highest BCUT2D eigenvalue weighted by atomic mass is 16.5. The van der Waals surface area contributed by atoms with Crippen LogP contribution in [0.4, 0.5) is 17.1 Å². The molecule has 57 heavy (non-hydrogen) atoms. The molecule has 0 bridgehead atoms. The van der Waals surface area contributed by atoms with E-state index in [1.165, 1.54) is 49.7 Å². The van der Waals surface area contributed by atoms with E-state index in [-0.39, 0.29) is 5.41 Å². The summed E-state index contributed by atoms with van der Waals surface area (Å²) < 4.78 is 7.06. The van der Waals surface area contributed by atoms with E-state index in [4.69, 9.17) is 4.74 Å². The van der Waals surface area contributed by atoms with Crippen molar-refractivity contribution < 1.29 is 4.74 Å². The minimum Gasteiger partial charge on any atom is -0.456 e. The Morgan fingerprint density at radius 2 is 0.947 bits per heavy atom. The first-order chi connectivity index (χ1) is 28.0. The molecule has 1 aliphatic carbocycles. The lowest BCUT2D eigenvalue weighted by molar-refractivity contribution is 0.488. The van der Waals surface area contributed by atoms with Gasteiger partial charge in [0.05, 0.1) is 0 Å². The van der Waals surface area contributed by atoms with Crippen LogP contribution in [0.1, 0.15) is 25.0 Å². The molecule has 0 N–H and O–H groups in total. The smallest absolute Gasteiger partial charge is 0.137 e. The maximum atomic E-state index is 7.06. The van der Waals surface area contributed by atoms with Crippen molar-refractivity contribution in [3.8, 4) is 67.1 Å². The van der Waals surface area contributed by atoms with Gasteiger partial charge in [-0.25, -0.2) is 0 Å². The van der Waals surface area contributed by atoms with E-state index < -0.39 is 0 Å². The third kappa shape index (κ3) is 5.40. The van der Waals surface area contributed by atoms with Gasteiger partial charge in [-0.15, -0.1) is 0 Å². The Bertz CT molecular complexity index is 2960. The maximum absolute atomic E-state index is 7.06. The van der Waals surface area contributed by atoms with Crippen LogP contribution >= 0.6 is 0 Å². The van der Waals surface area contributed by atoms with Crippen molar-refractivity contribution in [1.29, 1.82) is 0 Å². The Kier molecular flexibility index (Phi) is 7.55. The quantitative estimate of drug-likeness (QED) is 0.175. The molecular weight excluding hydrogens is 691 g/mol. The summed E-state index contributed by atoms with van der Waals surface area (Å²) in [7, 11) is 0. The van der Waals surface area contributed by atoms with Crippen LogP contribution in [-0.2, 0) is 5.41 Å². The number of ether oxygens (including phenoxy) is 1. The zero-order valence-corrected chi connectivity index (χ0v) is 31.9. The topological polar surface area (TPSA) is 12.5 Å². The normalized spacial score (nSPS) is 13.0. The number of hydrogen-bond acceptors (Lipinski definition) is 2. The second kappa shape index (κ2) is 13.0. The van der Waals surface area contributed by atoms with Crippen LogP contribution in [0.15, 0.2) is 200 Å². The Hall–Kier alpha value is -7.16. The fraction of sp³-hybridized carbons (Fsp3) is 0.0545. The molecular formula is C55H39NO. The van der Waals surface area contributed by atoms with Gasteiger partial charge < -0.3 is 9.64 Å². The number of fused-ring (bicyclic) bond motifs is 10. The lowest BCUT2D eigenvalue weighted by Gasteiger charge is -2.29. The fourth-order valence-electron chi connectivity index (χ4n) is 9.24. The highest BCUT2D eigenvalue weighted by Gasteiger charge is 2.36. The van der Waals surface area contributed by atoms with E-state index in [1.54, 1.807) is 0 Å². The molecule has 1 aliphatic heterocycles. The number of anilines is 3. The summed E-state index contributed by atoms with van der Waals surface area (Å²) in [5, 5.41) is 2.38. The van der Waals surface area contributed by atoms with E-state index >= 15 is 0 Å². The van der Waals surface area contributed by atoms with Crippen LogP contribution in [0.25, 0.3) is 66.4 Å². The van der Waals surface area contributed by atoms with Gasteiger partial charge in [0, 0.05) is 39.7 Å². The molecule has 0 saturated heterocycles. The molecule has 270 valence electrons. The van der Waals surface area contributed by atoms with Gasteiger partial charge in [-0.1, -0.05) is 159 Å². The van der Waals surface area contributed by atoms with Crippen LogP contribution < -0.4 is 9.64 Å². The van der Waals surface area contributed by atoms with E-state index in [1.807, 2.05) is 0 Å². The van der Waals surface area contributed by atoms with Gasteiger partial charge in [0.2, 0.25) is 0 Å². The van der Waals surface area contributed by atoms with Crippen molar-refractivity contribution in [1.82, 2.24) is 0 Å². The molecule has 2 aliphatic rings. The molecule has 9 aromatic carbocycles. The van der Waals surface area contributed by atoms with Gasteiger partial charge in [-0.2, -0.15) is 0 Å². The van der Waals surface area contributed by atoms with Gasteiger partial charge in [-0.3, -0.25) is 0 Å². The summed E-state index contributed by atoms with van der Waals surface area (Å²) in [5.41, 5.74) is 17.6. The molecule has 0 radical (unpaired) electrons. The lowest BCUT2D eigenvalue weighted by Crippen LogP contribution is -2.16. The zero-order chi connectivity index (χ0) is 38.1. The molecule has 0 aromatic heterocycles. The van der Waals surface area contributed by atoms with E-state index in [2.05, 4.69) is 219 Å². The summed E-state index contributed by atoms with van der Waals surface area (Å²) in [5.74, 6) is 1.69. The van der Waals surface area contributed by atoms with Crippen molar-refractivity contribution in [3.63, 3.8) is 0 Å². The van der Waals surface area contributed by atoms with Crippen LogP contribution in [0.3, 0.4) is 0 Å². The standard InChI is InChI=1S/C55H39NO/c1-55(2)50-24-14-13-22-46(50)47-28-26-41(34-51(47)55)56(43-32-39(36-15-5-3-6-16-36)31-40(33-43)37-17-7-4-8-18-37)42-27-29-48-45-21-11-12-23-49(45)54-44-20-10-9-19-38(44)25-30-52(54)57-53(48)35-42/h3-35H,1-2H3. The maximum Gasteiger partial charge on any atom is 0.137 e. The van der Waals surface area contributed by atoms with Gasteiger partial charge in [0.15, 0.2) is 0 Å². The largest absolute Gasteiger partial charge is 0.456 e. The fourth-order valence-corrected chi connectivity index (χ4v) is 9.24. The number of nitrogens with zero attached hydrogens (tertiary/aromatic N) is 1. The average Bonchev–Trinajstić information content (AvgIpc) is 3.39.